The Morgan fingerprint density at radius 1 is 0.966 bits per heavy atom. The van der Waals surface area contributed by atoms with Crippen molar-refractivity contribution in [2.45, 2.75) is 18.9 Å². The van der Waals surface area contributed by atoms with Crippen molar-refractivity contribution >= 4 is 11.7 Å². The van der Waals surface area contributed by atoms with Crippen molar-refractivity contribution in [3.8, 4) is 23.0 Å². The molecule has 3 aromatic rings. The monoisotopic (exact) mass is 391 g/mol. The lowest BCUT2D eigenvalue weighted by atomic mass is 9.87. The number of carbonyl (C=O) groups excluding carboxylic acids is 1. The standard InChI is InChI=1S/C21H17N3O5/c25-20-7-14(13-2-4-17-19(6-13)29-11-27-17)15-8-22-24(21(15)23-20)9-12-1-3-16-18(5-12)28-10-26-16/h1-6,8,14H,7,9-11H2,(H,23,25). The van der Waals surface area contributed by atoms with Gasteiger partial charge < -0.3 is 24.3 Å². The first-order valence-electron chi connectivity index (χ1n) is 9.38. The van der Waals surface area contributed by atoms with Crippen LogP contribution in [0.1, 0.15) is 29.0 Å². The molecule has 0 saturated heterocycles. The third-order valence-corrected chi connectivity index (χ3v) is 5.46. The van der Waals surface area contributed by atoms with Crippen LogP contribution in [0.25, 0.3) is 0 Å². The Hall–Kier alpha value is -3.68. The van der Waals surface area contributed by atoms with Crippen molar-refractivity contribution in [2.75, 3.05) is 18.9 Å². The highest BCUT2D eigenvalue weighted by Gasteiger charge is 2.31. The van der Waals surface area contributed by atoms with Crippen molar-refractivity contribution in [2.24, 2.45) is 0 Å². The third kappa shape index (κ3) is 2.67. The molecule has 0 radical (unpaired) electrons. The number of aromatic nitrogens is 2. The molecule has 8 nitrogen and oxygen atoms in total. The highest BCUT2D eigenvalue weighted by molar-refractivity contribution is 5.94. The van der Waals surface area contributed by atoms with E-state index in [4.69, 9.17) is 18.9 Å². The fraction of sp³-hybridized carbons (Fsp3) is 0.238. The SMILES string of the molecule is O=C1CC(c2ccc3c(c2)OCO3)c2cnn(Cc3ccc4c(c3)OCO4)c2N1. The molecule has 6 rings (SSSR count). The Morgan fingerprint density at radius 2 is 1.69 bits per heavy atom. The average Bonchev–Trinajstić information content (AvgIpc) is 3.46. The molecule has 146 valence electrons. The zero-order valence-corrected chi connectivity index (χ0v) is 15.4. The van der Waals surface area contributed by atoms with Crippen LogP contribution in [0.4, 0.5) is 5.82 Å². The minimum atomic E-state index is -0.0845. The zero-order chi connectivity index (χ0) is 19.4. The molecule has 3 aliphatic rings. The molecule has 1 amide bonds. The quantitative estimate of drug-likeness (QED) is 0.739. The van der Waals surface area contributed by atoms with Gasteiger partial charge in [0.15, 0.2) is 23.0 Å². The molecule has 8 heteroatoms. The van der Waals surface area contributed by atoms with Crippen LogP contribution >= 0.6 is 0 Å². The summed E-state index contributed by atoms with van der Waals surface area (Å²) >= 11 is 0. The summed E-state index contributed by atoms with van der Waals surface area (Å²) in [6, 6.07) is 11.6. The fourth-order valence-corrected chi connectivity index (χ4v) is 4.03. The lowest BCUT2D eigenvalue weighted by Gasteiger charge is -2.24. The van der Waals surface area contributed by atoms with Crippen molar-refractivity contribution in [3.05, 3.63) is 59.3 Å². The molecule has 1 aromatic heterocycles. The molecule has 2 aromatic carbocycles. The number of benzene rings is 2. The van der Waals surface area contributed by atoms with Crippen LogP contribution in [-0.2, 0) is 11.3 Å². The first kappa shape index (κ1) is 16.3. The number of amides is 1. The molecule has 3 aliphatic heterocycles. The number of hydrogen-bond acceptors (Lipinski definition) is 6. The van der Waals surface area contributed by atoms with Crippen LogP contribution < -0.4 is 24.3 Å². The van der Waals surface area contributed by atoms with E-state index < -0.39 is 0 Å². The van der Waals surface area contributed by atoms with Gasteiger partial charge in [-0.25, -0.2) is 4.68 Å². The Morgan fingerprint density at radius 3 is 2.52 bits per heavy atom. The second kappa shape index (κ2) is 6.16. The number of anilines is 1. The Balaban J connectivity index is 1.34. The van der Waals surface area contributed by atoms with Crippen LogP contribution in [0.5, 0.6) is 23.0 Å². The normalized spacial score (nSPS) is 18.5. The van der Waals surface area contributed by atoms with Gasteiger partial charge in [-0.3, -0.25) is 4.79 Å². The third-order valence-electron chi connectivity index (χ3n) is 5.46. The summed E-state index contributed by atoms with van der Waals surface area (Å²) in [5, 5.41) is 7.53. The molecule has 0 saturated carbocycles. The van der Waals surface area contributed by atoms with Crippen molar-refractivity contribution in [1.29, 1.82) is 0 Å². The van der Waals surface area contributed by atoms with Gasteiger partial charge in [0.25, 0.3) is 0 Å². The van der Waals surface area contributed by atoms with Crippen LogP contribution in [0, 0.1) is 0 Å². The van der Waals surface area contributed by atoms with Gasteiger partial charge in [0.1, 0.15) is 5.82 Å². The Labute approximate surface area is 165 Å². The minimum Gasteiger partial charge on any atom is -0.454 e. The summed E-state index contributed by atoms with van der Waals surface area (Å²) in [7, 11) is 0. The second-order valence-electron chi connectivity index (χ2n) is 7.21. The average molecular weight is 391 g/mol. The first-order valence-corrected chi connectivity index (χ1v) is 9.38. The molecular weight excluding hydrogens is 374 g/mol. The minimum absolute atomic E-state index is 0.0346. The summed E-state index contributed by atoms with van der Waals surface area (Å²) in [4.78, 5) is 12.5. The van der Waals surface area contributed by atoms with E-state index in [1.54, 1.807) is 0 Å². The van der Waals surface area contributed by atoms with Gasteiger partial charge in [-0.15, -0.1) is 0 Å². The summed E-state index contributed by atoms with van der Waals surface area (Å²) in [5.41, 5.74) is 3.01. The predicted molar refractivity (Wildman–Crippen MR) is 102 cm³/mol. The molecule has 0 bridgehead atoms. The summed E-state index contributed by atoms with van der Waals surface area (Å²) in [6.07, 6.45) is 2.19. The second-order valence-corrected chi connectivity index (χ2v) is 7.21. The van der Waals surface area contributed by atoms with E-state index in [1.807, 2.05) is 47.3 Å². The van der Waals surface area contributed by atoms with Gasteiger partial charge in [-0.1, -0.05) is 12.1 Å². The molecule has 0 fully saturated rings. The smallest absolute Gasteiger partial charge is 0.231 e. The Kier molecular flexibility index (Phi) is 3.46. The molecule has 0 spiro atoms. The molecule has 4 heterocycles. The maximum absolute atomic E-state index is 12.5. The topological polar surface area (TPSA) is 83.8 Å². The molecular formula is C21H17N3O5. The number of nitrogens with one attached hydrogen (secondary N) is 1. The Bertz CT molecular complexity index is 1140. The van der Waals surface area contributed by atoms with Crippen LogP contribution in [0.3, 0.4) is 0 Å². The van der Waals surface area contributed by atoms with Gasteiger partial charge in [-0.2, -0.15) is 5.10 Å². The first-order chi connectivity index (χ1) is 14.2. The van der Waals surface area contributed by atoms with Crippen molar-refractivity contribution in [3.63, 3.8) is 0 Å². The number of carbonyl (C=O) groups is 1. The predicted octanol–water partition coefficient (Wildman–Crippen LogP) is 2.86. The van der Waals surface area contributed by atoms with E-state index in [0.717, 1.165) is 39.8 Å². The van der Waals surface area contributed by atoms with E-state index in [2.05, 4.69) is 10.4 Å². The van der Waals surface area contributed by atoms with E-state index >= 15 is 0 Å². The van der Waals surface area contributed by atoms with Gasteiger partial charge in [0.05, 0.1) is 12.7 Å². The van der Waals surface area contributed by atoms with E-state index in [9.17, 15) is 4.79 Å². The fourth-order valence-electron chi connectivity index (χ4n) is 4.03. The highest BCUT2D eigenvalue weighted by atomic mass is 16.7. The van der Waals surface area contributed by atoms with Crippen molar-refractivity contribution in [1.82, 2.24) is 9.78 Å². The number of nitrogens with zero attached hydrogens (tertiary/aromatic N) is 2. The van der Waals surface area contributed by atoms with Gasteiger partial charge in [0.2, 0.25) is 19.5 Å². The van der Waals surface area contributed by atoms with Gasteiger partial charge in [0, 0.05) is 17.9 Å². The number of fused-ring (bicyclic) bond motifs is 3. The number of hydrogen-bond donors (Lipinski definition) is 1. The molecule has 0 aliphatic carbocycles. The largest absolute Gasteiger partial charge is 0.454 e. The number of ether oxygens (including phenoxy) is 4. The van der Waals surface area contributed by atoms with Gasteiger partial charge >= 0.3 is 0 Å². The maximum Gasteiger partial charge on any atom is 0.231 e. The van der Waals surface area contributed by atoms with Gasteiger partial charge in [-0.05, 0) is 35.4 Å². The highest BCUT2D eigenvalue weighted by Crippen LogP contribution is 2.41. The van der Waals surface area contributed by atoms with Crippen LogP contribution in [-0.4, -0.2) is 29.3 Å². The van der Waals surface area contributed by atoms with Crippen LogP contribution in [0.15, 0.2) is 42.6 Å². The van der Waals surface area contributed by atoms with E-state index in [1.165, 1.54) is 0 Å². The number of rotatable bonds is 3. The zero-order valence-electron chi connectivity index (χ0n) is 15.4. The van der Waals surface area contributed by atoms with Crippen LogP contribution in [0.2, 0.25) is 0 Å². The summed E-state index contributed by atoms with van der Waals surface area (Å²) in [6.45, 7) is 0.978. The molecule has 1 unspecified atom stereocenters. The molecule has 29 heavy (non-hydrogen) atoms. The maximum atomic E-state index is 12.5. The lowest BCUT2D eigenvalue weighted by molar-refractivity contribution is -0.116. The summed E-state index contributed by atoms with van der Waals surface area (Å²) in [5.74, 6) is 3.52. The lowest BCUT2D eigenvalue weighted by Crippen LogP contribution is -2.25. The van der Waals surface area contributed by atoms with E-state index in [0.29, 0.717) is 18.7 Å². The summed E-state index contributed by atoms with van der Waals surface area (Å²) < 4.78 is 23.5. The molecule has 1 N–H and O–H groups in total. The van der Waals surface area contributed by atoms with Crippen molar-refractivity contribution < 1.29 is 23.7 Å². The van der Waals surface area contributed by atoms with E-state index in [-0.39, 0.29) is 25.4 Å². The molecule has 1 atom stereocenters.